The van der Waals surface area contributed by atoms with E-state index in [1.807, 2.05) is 36.4 Å². The average Bonchev–Trinajstić information content (AvgIpc) is 3.02. The highest BCUT2D eigenvalue weighted by molar-refractivity contribution is 5.21. The lowest BCUT2D eigenvalue weighted by Gasteiger charge is -2.26. The summed E-state index contributed by atoms with van der Waals surface area (Å²) in [6, 6.07) is 4.36. The lowest BCUT2D eigenvalue weighted by molar-refractivity contribution is 0.130. The van der Waals surface area contributed by atoms with Gasteiger partial charge in [0.25, 0.3) is 0 Å². The fourth-order valence-corrected chi connectivity index (χ4v) is 3.20. The van der Waals surface area contributed by atoms with Crippen molar-refractivity contribution in [2.75, 3.05) is 0 Å². The molecule has 1 aliphatic rings. The molecule has 0 aliphatic heterocycles. The first-order valence-electron chi connectivity index (χ1n) is 8.93. The van der Waals surface area contributed by atoms with Crippen LogP contribution in [0.3, 0.4) is 0 Å². The van der Waals surface area contributed by atoms with E-state index in [2.05, 4.69) is 35.3 Å². The normalized spacial score (nSPS) is 22.3. The Bertz CT molecular complexity index is 646. The minimum atomic E-state index is 0.260. The van der Waals surface area contributed by atoms with Gasteiger partial charge in [-0.05, 0) is 50.2 Å². The molecular weight excluding hydrogens is 300 g/mol. The number of nitrogens with one attached hydrogen (secondary N) is 1. The minimum Gasteiger partial charge on any atom is -0.474 e. The topological polar surface area (TPSA) is 52.0 Å². The highest BCUT2D eigenvalue weighted by Crippen LogP contribution is 2.26. The molecule has 1 saturated carbocycles. The molecule has 0 bridgehead atoms. The molecule has 0 saturated heterocycles. The molecule has 2 aromatic rings. The monoisotopic (exact) mass is 328 g/mol. The number of aromatic nitrogens is 3. The summed E-state index contributed by atoms with van der Waals surface area (Å²) in [5.41, 5.74) is 2.39. The summed E-state index contributed by atoms with van der Waals surface area (Å²) in [5.74, 6) is 1.59. The van der Waals surface area contributed by atoms with Crippen molar-refractivity contribution in [1.82, 2.24) is 20.1 Å². The molecule has 2 aromatic heterocycles. The number of rotatable bonds is 6. The first-order chi connectivity index (χ1) is 11.6. The smallest absolute Gasteiger partial charge is 0.213 e. The van der Waals surface area contributed by atoms with E-state index in [4.69, 9.17) is 4.74 Å². The Labute approximate surface area is 144 Å². The van der Waals surface area contributed by atoms with Crippen LogP contribution in [0.2, 0.25) is 0 Å². The van der Waals surface area contributed by atoms with Crippen molar-refractivity contribution in [2.45, 2.75) is 58.2 Å². The highest BCUT2D eigenvalue weighted by atomic mass is 16.5. The van der Waals surface area contributed by atoms with Crippen LogP contribution in [-0.2, 0) is 13.6 Å². The van der Waals surface area contributed by atoms with Crippen LogP contribution < -0.4 is 10.1 Å². The van der Waals surface area contributed by atoms with Crippen molar-refractivity contribution in [3.63, 3.8) is 0 Å². The van der Waals surface area contributed by atoms with E-state index in [0.717, 1.165) is 31.2 Å². The van der Waals surface area contributed by atoms with Crippen molar-refractivity contribution in [2.24, 2.45) is 13.0 Å². The van der Waals surface area contributed by atoms with Gasteiger partial charge >= 0.3 is 0 Å². The second kappa shape index (κ2) is 7.79. The predicted octanol–water partition coefficient (Wildman–Crippen LogP) is 3.62. The molecule has 1 N–H and O–H groups in total. The number of ether oxygens (including phenoxy) is 1. The molecule has 5 heteroatoms. The Morgan fingerprint density at radius 1 is 1.33 bits per heavy atom. The van der Waals surface area contributed by atoms with Crippen molar-refractivity contribution < 1.29 is 4.74 Å². The fraction of sp³-hybridized carbons (Fsp3) is 0.579. The van der Waals surface area contributed by atoms with E-state index < -0.39 is 0 Å². The van der Waals surface area contributed by atoms with Crippen molar-refractivity contribution in [3.05, 3.63) is 41.9 Å². The summed E-state index contributed by atoms with van der Waals surface area (Å²) in [6.07, 6.45) is 10.9. The molecule has 1 unspecified atom stereocenters. The molecule has 0 radical (unpaired) electrons. The van der Waals surface area contributed by atoms with E-state index >= 15 is 0 Å². The molecule has 2 heterocycles. The maximum Gasteiger partial charge on any atom is 0.213 e. The van der Waals surface area contributed by atoms with Gasteiger partial charge in [0, 0.05) is 43.7 Å². The van der Waals surface area contributed by atoms with Crippen LogP contribution in [-0.4, -0.2) is 20.9 Å². The molecule has 130 valence electrons. The summed E-state index contributed by atoms with van der Waals surface area (Å²) >= 11 is 0. The Balaban J connectivity index is 1.53. The van der Waals surface area contributed by atoms with Crippen LogP contribution in [0, 0.1) is 5.92 Å². The second-order valence-corrected chi connectivity index (χ2v) is 7.05. The van der Waals surface area contributed by atoms with Crippen molar-refractivity contribution >= 4 is 0 Å². The fourth-order valence-electron chi connectivity index (χ4n) is 3.20. The van der Waals surface area contributed by atoms with Gasteiger partial charge in [-0.2, -0.15) is 5.10 Å². The lowest BCUT2D eigenvalue weighted by Crippen LogP contribution is -2.23. The summed E-state index contributed by atoms with van der Waals surface area (Å²) < 4.78 is 7.92. The summed E-state index contributed by atoms with van der Waals surface area (Å²) in [4.78, 5) is 4.38. The van der Waals surface area contributed by atoms with Crippen LogP contribution >= 0.6 is 0 Å². The molecule has 0 spiro atoms. The maximum absolute atomic E-state index is 6.09. The number of aryl methyl sites for hydroxylation is 1. The van der Waals surface area contributed by atoms with E-state index in [1.54, 1.807) is 0 Å². The summed E-state index contributed by atoms with van der Waals surface area (Å²) in [7, 11) is 1.94. The number of pyridine rings is 1. The van der Waals surface area contributed by atoms with E-state index in [0.29, 0.717) is 6.10 Å². The molecule has 5 nitrogen and oxygen atoms in total. The first kappa shape index (κ1) is 17.0. The number of hydrogen-bond acceptors (Lipinski definition) is 4. The molecule has 3 rings (SSSR count). The van der Waals surface area contributed by atoms with E-state index in [-0.39, 0.29) is 6.04 Å². The zero-order chi connectivity index (χ0) is 16.9. The molecule has 0 aromatic carbocycles. The van der Waals surface area contributed by atoms with Gasteiger partial charge in [0.1, 0.15) is 6.10 Å². The van der Waals surface area contributed by atoms with Crippen LogP contribution in [0.4, 0.5) is 0 Å². The number of nitrogens with zero attached hydrogens (tertiary/aromatic N) is 3. The first-order valence-corrected chi connectivity index (χ1v) is 8.93. The molecule has 1 atom stereocenters. The van der Waals surface area contributed by atoms with Gasteiger partial charge < -0.3 is 10.1 Å². The molecule has 1 fully saturated rings. The third-order valence-corrected chi connectivity index (χ3v) is 4.89. The van der Waals surface area contributed by atoms with E-state index in [9.17, 15) is 0 Å². The SMILES string of the molecule is CC1CCC(Oc2cc(CNC(C)c3cnn(C)c3)ccn2)CC1. The van der Waals surface area contributed by atoms with Crippen LogP contribution in [0.1, 0.15) is 56.7 Å². The van der Waals surface area contributed by atoms with Gasteiger partial charge in [-0.1, -0.05) is 6.92 Å². The standard InChI is InChI=1S/C19H28N4O/c1-14-4-6-18(7-5-14)24-19-10-16(8-9-20-19)11-21-15(2)17-12-22-23(3)13-17/h8-10,12-15,18,21H,4-7,11H2,1-3H3. The Morgan fingerprint density at radius 2 is 2.12 bits per heavy atom. The Morgan fingerprint density at radius 3 is 2.83 bits per heavy atom. The van der Waals surface area contributed by atoms with Gasteiger partial charge in [0.15, 0.2) is 0 Å². The lowest BCUT2D eigenvalue weighted by atomic mass is 9.89. The quantitative estimate of drug-likeness (QED) is 0.880. The largest absolute Gasteiger partial charge is 0.474 e. The third-order valence-electron chi connectivity index (χ3n) is 4.89. The highest BCUT2D eigenvalue weighted by Gasteiger charge is 2.20. The molecule has 1 aliphatic carbocycles. The van der Waals surface area contributed by atoms with Gasteiger partial charge in [-0.25, -0.2) is 4.98 Å². The maximum atomic E-state index is 6.09. The predicted molar refractivity (Wildman–Crippen MR) is 94.7 cm³/mol. The Kier molecular flexibility index (Phi) is 5.51. The minimum absolute atomic E-state index is 0.260. The van der Waals surface area contributed by atoms with Crippen LogP contribution in [0.15, 0.2) is 30.7 Å². The average molecular weight is 328 g/mol. The van der Waals surface area contributed by atoms with Gasteiger partial charge in [-0.3, -0.25) is 4.68 Å². The molecule has 0 amide bonds. The van der Waals surface area contributed by atoms with Crippen molar-refractivity contribution in [1.29, 1.82) is 0 Å². The van der Waals surface area contributed by atoms with Crippen LogP contribution in [0.5, 0.6) is 5.88 Å². The third kappa shape index (κ3) is 4.57. The zero-order valence-corrected chi connectivity index (χ0v) is 14.9. The summed E-state index contributed by atoms with van der Waals surface area (Å²) in [6.45, 7) is 5.26. The van der Waals surface area contributed by atoms with Crippen LogP contribution in [0.25, 0.3) is 0 Å². The van der Waals surface area contributed by atoms with Gasteiger partial charge in [0.2, 0.25) is 5.88 Å². The molecular formula is C19H28N4O. The Hall–Kier alpha value is -1.88. The van der Waals surface area contributed by atoms with E-state index in [1.165, 1.54) is 24.0 Å². The summed E-state index contributed by atoms with van der Waals surface area (Å²) in [5, 5.41) is 7.75. The zero-order valence-electron chi connectivity index (χ0n) is 14.9. The van der Waals surface area contributed by atoms with Gasteiger partial charge in [0.05, 0.1) is 6.20 Å². The van der Waals surface area contributed by atoms with Gasteiger partial charge in [-0.15, -0.1) is 0 Å². The van der Waals surface area contributed by atoms with Crippen molar-refractivity contribution in [3.8, 4) is 5.88 Å². The number of hydrogen-bond donors (Lipinski definition) is 1. The molecule has 24 heavy (non-hydrogen) atoms. The second-order valence-electron chi connectivity index (χ2n) is 7.05.